The molecule has 0 aromatic heterocycles. The van der Waals surface area contributed by atoms with E-state index in [0.29, 0.717) is 0 Å². The third kappa shape index (κ3) is 1.43. The smallest absolute Gasteiger partial charge is 0.128 e. The molecule has 0 bridgehead atoms. The lowest BCUT2D eigenvalue weighted by Crippen LogP contribution is -2.16. The fourth-order valence-electron chi connectivity index (χ4n) is 0.825. The van der Waals surface area contributed by atoms with Crippen molar-refractivity contribution < 1.29 is 0 Å². The summed E-state index contributed by atoms with van der Waals surface area (Å²) in [5, 5.41) is 0. The molecule has 2 nitrogen and oxygen atoms in total. The summed E-state index contributed by atoms with van der Waals surface area (Å²) < 4.78 is 0. The molecule has 0 saturated carbocycles. The first kappa shape index (κ1) is 7.45. The third-order valence-corrected chi connectivity index (χ3v) is 1.41. The first-order chi connectivity index (χ1) is 4.50. The van der Waals surface area contributed by atoms with Gasteiger partial charge in [-0.1, -0.05) is 20.8 Å². The second-order valence-corrected chi connectivity index (χ2v) is 3.72. The maximum absolute atomic E-state index is 4.35. The normalized spacial score (nSPS) is 25.2. The topological polar surface area (TPSA) is 24.7 Å². The highest BCUT2D eigenvalue weighted by molar-refractivity contribution is 5.98. The van der Waals surface area contributed by atoms with Gasteiger partial charge in [-0.25, -0.2) is 4.99 Å². The lowest BCUT2D eigenvalue weighted by Gasteiger charge is -2.14. The Hall–Kier alpha value is -0.660. The summed E-state index contributed by atoms with van der Waals surface area (Å²) in [6.07, 6.45) is 1.89. The summed E-state index contributed by atoms with van der Waals surface area (Å²) in [7, 11) is 0. The van der Waals surface area contributed by atoms with E-state index >= 15 is 0 Å². The molecular weight excluding hydrogens is 124 g/mol. The van der Waals surface area contributed by atoms with E-state index in [2.05, 4.69) is 30.8 Å². The molecule has 0 N–H and O–H groups in total. The van der Waals surface area contributed by atoms with Crippen LogP contribution >= 0.6 is 0 Å². The van der Waals surface area contributed by atoms with Crippen molar-refractivity contribution in [2.75, 3.05) is 0 Å². The van der Waals surface area contributed by atoms with Gasteiger partial charge in [0.2, 0.25) is 0 Å². The van der Waals surface area contributed by atoms with Gasteiger partial charge in [0.1, 0.15) is 5.84 Å². The van der Waals surface area contributed by atoms with Gasteiger partial charge in [-0.15, -0.1) is 0 Å². The van der Waals surface area contributed by atoms with Crippen LogP contribution in [0.25, 0.3) is 0 Å². The summed E-state index contributed by atoms with van der Waals surface area (Å²) in [5.41, 5.74) is 0.112. The minimum absolute atomic E-state index is 0.112. The van der Waals surface area contributed by atoms with Gasteiger partial charge in [0, 0.05) is 11.6 Å². The Morgan fingerprint density at radius 2 is 2.00 bits per heavy atom. The van der Waals surface area contributed by atoms with Crippen LogP contribution in [0.1, 0.15) is 27.7 Å². The van der Waals surface area contributed by atoms with E-state index in [1.54, 1.807) is 0 Å². The molecule has 0 radical (unpaired) electrons. The van der Waals surface area contributed by atoms with Crippen molar-refractivity contribution in [1.29, 1.82) is 0 Å². The molecule has 1 unspecified atom stereocenters. The average molecular weight is 138 g/mol. The molecule has 10 heavy (non-hydrogen) atoms. The zero-order valence-corrected chi connectivity index (χ0v) is 7.05. The molecular formula is C8H14N2. The van der Waals surface area contributed by atoms with Gasteiger partial charge in [0.05, 0.1) is 6.04 Å². The van der Waals surface area contributed by atoms with Crippen molar-refractivity contribution in [3.05, 3.63) is 0 Å². The monoisotopic (exact) mass is 138 g/mol. The number of hydrogen-bond acceptors (Lipinski definition) is 2. The van der Waals surface area contributed by atoms with Gasteiger partial charge < -0.3 is 0 Å². The van der Waals surface area contributed by atoms with Crippen LogP contribution in [0.4, 0.5) is 0 Å². The van der Waals surface area contributed by atoms with Crippen molar-refractivity contribution in [2.45, 2.75) is 33.7 Å². The van der Waals surface area contributed by atoms with E-state index in [1.807, 2.05) is 13.1 Å². The molecule has 1 atom stereocenters. The fourth-order valence-corrected chi connectivity index (χ4v) is 0.825. The molecule has 56 valence electrons. The van der Waals surface area contributed by atoms with Crippen molar-refractivity contribution in [3.8, 4) is 0 Å². The first-order valence-electron chi connectivity index (χ1n) is 3.62. The molecule has 0 spiro atoms. The van der Waals surface area contributed by atoms with E-state index < -0.39 is 0 Å². The predicted octanol–water partition coefficient (Wildman–Crippen LogP) is 1.90. The molecule has 1 rings (SSSR count). The Balaban J connectivity index is 2.78. The Morgan fingerprint density at radius 1 is 1.40 bits per heavy atom. The fraction of sp³-hybridized carbons (Fsp3) is 0.750. The molecule has 0 saturated heterocycles. The van der Waals surface area contributed by atoms with Gasteiger partial charge >= 0.3 is 0 Å². The molecule has 1 aliphatic rings. The molecule has 0 aromatic rings. The zero-order chi connectivity index (χ0) is 7.78. The molecule has 1 heterocycles. The summed E-state index contributed by atoms with van der Waals surface area (Å²) >= 11 is 0. The Kier molecular flexibility index (Phi) is 1.63. The van der Waals surface area contributed by atoms with Crippen molar-refractivity contribution in [3.63, 3.8) is 0 Å². The molecule has 0 aliphatic carbocycles. The zero-order valence-electron chi connectivity index (χ0n) is 7.05. The molecule has 0 amide bonds. The standard InChI is InChI=1S/C8H14N2/c1-6-5-9-7(10-6)8(2,3)4/h5-6H,1-4H3. The van der Waals surface area contributed by atoms with Crippen LogP contribution in [-0.2, 0) is 0 Å². The van der Waals surface area contributed by atoms with Crippen LogP contribution in [0.3, 0.4) is 0 Å². The van der Waals surface area contributed by atoms with Gasteiger partial charge in [-0.2, -0.15) is 0 Å². The largest absolute Gasteiger partial charge is 0.261 e. The number of rotatable bonds is 0. The highest BCUT2D eigenvalue weighted by atomic mass is 15.0. The number of amidine groups is 1. The third-order valence-electron chi connectivity index (χ3n) is 1.41. The average Bonchev–Trinajstić information content (AvgIpc) is 2.11. The van der Waals surface area contributed by atoms with Gasteiger partial charge in [0.15, 0.2) is 0 Å². The second-order valence-electron chi connectivity index (χ2n) is 3.72. The van der Waals surface area contributed by atoms with E-state index in [9.17, 15) is 0 Å². The van der Waals surface area contributed by atoms with Crippen LogP contribution in [0.5, 0.6) is 0 Å². The van der Waals surface area contributed by atoms with Gasteiger partial charge in [0.25, 0.3) is 0 Å². The first-order valence-corrected chi connectivity index (χ1v) is 3.62. The number of nitrogens with zero attached hydrogens (tertiary/aromatic N) is 2. The minimum atomic E-state index is 0.112. The molecule has 1 aliphatic heterocycles. The minimum Gasteiger partial charge on any atom is -0.261 e. The van der Waals surface area contributed by atoms with Crippen LogP contribution in [0, 0.1) is 5.41 Å². The summed E-state index contributed by atoms with van der Waals surface area (Å²) in [4.78, 5) is 8.57. The van der Waals surface area contributed by atoms with Crippen LogP contribution in [-0.4, -0.2) is 18.1 Å². The highest BCUT2D eigenvalue weighted by Gasteiger charge is 2.21. The quantitative estimate of drug-likeness (QED) is 0.488. The SMILES string of the molecule is CC1C=NC(C(C)(C)C)=N1. The Labute approximate surface area is 62.1 Å². The van der Waals surface area contributed by atoms with Crippen LogP contribution in [0.15, 0.2) is 9.98 Å². The maximum atomic E-state index is 4.35. The number of hydrogen-bond donors (Lipinski definition) is 0. The summed E-state index contributed by atoms with van der Waals surface area (Å²) in [5.74, 6) is 0.972. The molecule has 2 heteroatoms. The lowest BCUT2D eigenvalue weighted by atomic mass is 9.95. The summed E-state index contributed by atoms with van der Waals surface area (Å²) in [6.45, 7) is 8.42. The van der Waals surface area contributed by atoms with E-state index in [4.69, 9.17) is 0 Å². The second kappa shape index (κ2) is 2.19. The number of aliphatic imine (C=N–C) groups is 2. The Morgan fingerprint density at radius 3 is 2.20 bits per heavy atom. The highest BCUT2D eigenvalue weighted by Crippen LogP contribution is 2.19. The lowest BCUT2D eigenvalue weighted by molar-refractivity contribution is 0.584. The van der Waals surface area contributed by atoms with Crippen LogP contribution < -0.4 is 0 Å². The molecule has 0 fully saturated rings. The predicted molar refractivity (Wildman–Crippen MR) is 44.8 cm³/mol. The van der Waals surface area contributed by atoms with Crippen molar-refractivity contribution in [1.82, 2.24) is 0 Å². The van der Waals surface area contributed by atoms with E-state index in [1.165, 1.54) is 0 Å². The van der Waals surface area contributed by atoms with Crippen molar-refractivity contribution >= 4 is 12.1 Å². The Bertz CT molecular complexity index is 184. The van der Waals surface area contributed by atoms with Gasteiger partial charge in [-0.3, -0.25) is 4.99 Å². The van der Waals surface area contributed by atoms with E-state index in [-0.39, 0.29) is 11.5 Å². The van der Waals surface area contributed by atoms with Crippen LogP contribution in [0.2, 0.25) is 0 Å². The van der Waals surface area contributed by atoms with Crippen molar-refractivity contribution in [2.24, 2.45) is 15.4 Å². The maximum Gasteiger partial charge on any atom is 0.128 e. The summed E-state index contributed by atoms with van der Waals surface area (Å²) in [6, 6.07) is 0.286. The molecule has 0 aromatic carbocycles. The van der Waals surface area contributed by atoms with E-state index in [0.717, 1.165) is 5.84 Å². The van der Waals surface area contributed by atoms with Gasteiger partial charge in [-0.05, 0) is 6.92 Å².